The Morgan fingerprint density at radius 1 is 1.16 bits per heavy atom. The molecule has 0 amide bonds. The Morgan fingerprint density at radius 3 is 2.41 bits per heavy atom. The van der Waals surface area contributed by atoms with Crippen LogP contribution in [-0.2, 0) is 9.74 Å². The first-order valence-electron chi connectivity index (χ1n) is 14.7. The number of carbonyl (C=O) groups excluding carboxylic acids is 1. The molecule has 0 saturated heterocycles. The molecule has 2 nitrogen and oxygen atoms in total. The average molecular weight is 535 g/mol. The lowest BCUT2D eigenvalue weighted by Gasteiger charge is -2.58. The first kappa shape index (κ1) is 33.8. The molecule has 8 atom stereocenters. The molecule has 4 rings (SSSR count). The predicted molar refractivity (Wildman–Crippen MR) is 160 cm³/mol. The minimum atomic E-state index is -0.711. The number of hydrogen-bond donors (Lipinski definition) is 1. The van der Waals surface area contributed by atoms with Crippen LogP contribution in [0.1, 0.15) is 113 Å². The highest BCUT2D eigenvalue weighted by Crippen LogP contribution is 2.67. The fourth-order valence-electron chi connectivity index (χ4n) is 8.85. The fourth-order valence-corrected chi connectivity index (χ4v) is 8.85. The van der Waals surface area contributed by atoms with Gasteiger partial charge in [0.15, 0.2) is 0 Å². The predicted octanol–water partition coefficient (Wildman–Crippen LogP) is 9.81. The van der Waals surface area contributed by atoms with Gasteiger partial charge in [0.2, 0.25) is 0 Å². The number of thiol groups is 1. The van der Waals surface area contributed by atoms with E-state index >= 15 is 0 Å². The SMILES string of the molecule is C#C.CC.CC=C(C)C1CCC2(C)C(=CCC3C2CCC2(C)C3CCC2[C@H](C)CCC(=O)OF)C1.CS. The molecule has 0 radical (unpaired) electrons. The number of halogens is 1. The molecule has 212 valence electrons. The highest BCUT2D eigenvalue weighted by atomic mass is 32.1. The van der Waals surface area contributed by atoms with Crippen LogP contribution in [0.15, 0.2) is 23.3 Å². The molecular weight excluding hydrogens is 479 g/mol. The molecule has 0 bridgehead atoms. The molecule has 0 aromatic carbocycles. The lowest BCUT2D eigenvalue weighted by Crippen LogP contribution is -2.50. The minimum absolute atomic E-state index is 0.206. The van der Waals surface area contributed by atoms with Gasteiger partial charge < -0.3 is 0 Å². The van der Waals surface area contributed by atoms with E-state index in [1.54, 1.807) is 17.4 Å². The summed E-state index contributed by atoms with van der Waals surface area (Å²) in [5.41, 5.74) is 4.12. The van der Waals surface area contributed by atoms with Crippen LogP contribution in [0.2, 0.25) is 0 Å². The van der Waals surface area contributed by atoms with Gasteiger partial charge in [-0.25, -0.2) is 4.79 Å². The maximum absolute atomic E-state index is 12.1. The Kier molecular flexibility index (Phi) is 14.1. The van der Waals surface area contributed by atoms with Crippen molar-refractivity contribution in [2.75, 3.05) is 6.26 Å². The molecule has 0 N–H and O–H groups in total. The summed E-state index contributed by atoms with van der Waals surface area (Å²) in [6, 6.07) is 0. The Bertz CT molecular complexity index is 801. The monoisotopic (exact) mass is 534 g/mol. The summed E-state index contributed by atoms with van der Waals surface area (Å²) >= 11 is 3.53. The van der Waals surface area contributed by atoms with E-state index in [1.165, 1.54) is 51.4 Å². The van der Waals surface area contributed by atoms with Gasteiger partial charge in [0.1, 0.15) is 0 Å². The van der Waals surface area contributed by atoms with Gasteiger partial charge in [-0.1, -0.05) is 57.9 Å². The van der Waals surface area contributed by atoms with Gasteiger partial charge in [0.25, 0.3) is 0 Å². The van der Waals surface area contributed by atoms with Crippen LogP contribution in [0.3, 0.4) is 0 Å². The third-order valence-corrected chi connectivity index (χ3v) is 10.9. The maximum Gasteiger partial charge on any atom is 0.348 e. The smallest absolute Gasteiger partial charge is 0.255 e. The molecule has 0 heterocycles. The van der Waals surface area contributed by atoms with Crippen molar-refractivity contribution in [3.8, 4) is 12.8 Å². The van der Waals surface area contributed by atoms with Crippen molar-refractivity contribution in [3.05, 3.63) is 23.3 Å². The van der Waals surface area contributed by atoms with E-state index in [0.717, 1.165) is 30.1 Å². The fraction of sp³-hybridized carbons (Fsp3) is 0.788. The Morgan fingerprint density at radius 2 is 1.81 bits per heavy atom. The molecule has 37 heavy (non-hydrogen) atoms. The summed E-state index contributed by atoms with van der Waals surface area (Å²) in [7, 11) is 0. The quantitative estimate of drug-likeness (QED) is 0.216. The molecule has 4 aliphatic carbocycles. The van der Waals surface area contributed by atoms with Crippen molar-refractivity contribution < 1.29 is 14.3 Å². The number of fused-ring (bicyclic) bond motifs is 5. The van der Waals surface area contributed by atoms with Crippen LogP contribution in [-0.4, -0.2) is 12.2 Å². The second-order valence-electron chi connectivity index (χ2n) is 11.9. The van der Waals surface area contributed by atoms with Gasteiger partial charge in [-0.2, -0.15) is 12.6 Å². The van der Waals surface area contributed by atoms with Crippen molar-refractivity contribution in [1.29, 1.82) is 0 Å². The number of terminal acetylenes is 1. The van der Waals surface area contributed by atoms with Gasteiger partial charge in [-0.15, -0.1) is 12.8 Å². The molecule has 4 heteroatoms. The first-order valence-corrected chi connectivity index (χ1v) is 15.6. The molecule has 0 aliphatic heterocycles. The normalized spacial score (nSPS) is 36.7. The summed E-state index contributed by atoms with van der Waals surface area (Å²) in [5.74, 6) is 3.61. The molecular formula is C33H55FO2S. The molecule has 3 saturated carbocycles. The van der Waals surface area contributed by atoms with Crippen molar-refractivity contribution >= 4 is 18.6 Å². The third kappa shape index (κ3) is 6.87. The number of rotatable bonds is 5. The Balaban J connectivity index is 0.00000106. The Hall–Kier alpha value is -1.21. The van der Waals surface area contributed by atoms with Crippen molar-refractivity contribution in [2.24, 2.45) is 46.3 Å². The highest BCUT2D eigenvalue weighted by molar-refractivity contribution is 7.79. The molecule has 0 aromatic heterocycles. The molecule has 7 unspecified atom stereocenters. The highest BCUT2D eigenvalue weighted by Gasteiger charge is 2.59. The van der Waals surface area contributed by atoms with Gasteiger partial charge in [-0.05, 0) is 124 Å². The van der Waals surface area contributed by atoms with Gasteiger partial charge in [0, 0.05) is 10.9 Å². The van der Waals surface area contributed by atoms with Crippen LogP contribution in [0.5, 0.6) is 0 Å². The second kappa shape index (κ2) is 15.4. The largest absolute Gasteiger partial charge is 0.348 e. The standard InChI is InChI=1S/C28H43FO2.C2H6.C2H2.CH4S/c1-6-18(2)20-13-15-27(4)21(17-20)8-9-22-24-11-10-23(19(3)7-12-26(30)31-29)28(24,5)16-14-25(22)27;3*1-2/h6,8,19-20,22-25H,7,9-17H2,1-5H3;1-2H3;1-2H;2H,1H3/t19-,20?,22?,23?,24?,25?,27?,28?;;;/m1.../s1. The van der Waals surface area contributed by atoms with Crippen LogP contribution in [0.25, 0.3) is 0 Å². The first-order chi connectivity index (χ1) is 17.7. The minimum Gasteiger partial charge on any atom is -0.255 e. The number of allylic oxidation sites excluding steroid dienone is 4. The summed E-state index contributed by atoms with van der Waals surface area (Å²) in [5, 5.41) is 0. The van der Waals surface area contributed by atoms with E-state index in [4.69, 9.17) is 0 Å². The number of hydrogen-bond acceptors (Lipinski definition) is 3. The molecule has 0 spiro atoms. The van der Waals surface area contributed by atoms with Crippen molar-refractivity contribution in [3.63, 3.8) is 0 Å². The van der Waals surface area contributed by atoms with E-state index in [2.05, 4.69) is 77.2 Å². The zero-order valence-corrected chi connectivity index (χ0v) is 25.9. The van der Waals surface area contributed by atoms with Crippen molar-refractivity contribution in [1.82, 2.24) is 0 Å². The Labute approximate surface area is 234 Å². The number of carbonyl (C=O) groups is 1. The topological polar surface area (TPSA) is 26.3 Å². The lowest BCUT2D eigenvalue weighted by molar-refractivity contribution is -0.184. The van der Waals surface area contributed by atoms with Crippen LogP contribution in [0.4, 0.5) is 4.53 Å². The van der Waals surface area contributed by atoms with Crippen LogP contribution in [0, 0.1) is 59.2 Å². The van der Waals surface area contributed by atoms with Gasteiger partial charge in [0.05, 0.1) is 0 Å². The van der Waals surface area contributed by atoms with Gasteiger partial charge >= 0.3 is 5.97 Å². The zero-order valence-electron chi connectivity index (χ0n) is 25.0. The zero-order chi connectivity index (χ0) is 28.4. The summed E-state index contributed by atoms with van der Waals surface area (Å²) in [6.45, 7) is 15.9. The second-order valence-corrected chi connectivity index (χ2v) is 11.9. The average Bonchev–Trinajstić information content (AvgIpc) is 3.31. The maximum atomic E-state index is 12.1. The molecule has 3 fully saturated rings. The molecule has 4 aliphatic rings. The van der Waals surface area contributed by atoms with E-state index in [1.807, 2.05) is 13.8 Å². The summed E-state index contributed by atoms with van der Waals surface area (Å²) < 4.78 is 12.1. The summed E-state index contributed by atoms with van der Waals surface area (Å²) in [4.78, 5) is 14.7. The summed E-state index contributed by atoms with van der Waals surface area (Å²) in [6.07, 6.45) is 26.2. The van der Waals surface area contributed by atoms with E-state index < -0.39 is 5.97 Å². The van der Waals surface area contributed by atoms with E-state index in [9.17, 15) is 9.32 Å². The van der Waals surface area contributed by atoms with Crippen molar-refractivity contribution in [2.45, 2.75) is 113 Å². The molecule has 0 aromatic rings. The third-order valence-electron chi connectivity index (χ3n) is 10.9. The van der Waals surface area contributed by atoms with Crippen LogP contribution >= 0.6 is 12.6 Å². The van der Waals surface area contributed by atoms with E-state index in [-0.39, 0.29) is 6.42 Å². The lowest BCUT2D eigenvalue weighted by atomic mass is 9.46. The van der Waals surface area contributed by atoms with Crippen LogP contribution < -0.4 is 0 Å². The van der Waals surface area contributed by atoms with E-state index in [0.29, 0.717) is 22.7 Å². The van der Waals surface area contributed by atoms with Gasteiger partial charge in [-0.3, -0.25) is 4.94 Å².